The second-order valence-corrected chi connectivity index (χ2v) is 6.79. The topological polar surface area (TPSA) is 67.9 Å². The predicted molar refractivity (Wildman–Crippen MR) is 81.1 cm³/mol. The highest BCUT2D eigenvalue weighted by Crippen LogP contribution is 2.22. The molecular formula is C14H22N2O4S. The Morgan fingerprint density at radius 2 is 2.14 bits per heavy atom. The summed E-state index contributed by atoms with van der Waals surface area (Å²) < 4.78 is 10.3. The molecule has 0 radical (unpaired) electrons. The third-order valence-corrected chi connectivity index (χ3v) is 3.83. The minimum absolute atomic E-state index is 0.205. The van der Waals surface area contributed by atoms with Crippen LogP contribution in [0.25, 0.3) is 0 Å². The number of thiocarbonyl (C=S) groups is 1. The Kier molecular flexibility index (Phi) is 4.70. The summed E-state index contributed by atoms with van der Waals surface area (Å²) in [7, 11) is 0. The average Bonchev–Trinajstić information content (AvgIpc) is 2.96. The minimum atomic E-state index is -0.533. The van der Waals surface area contributed by atoms with E-state index in [9.17, 15) is 9.59 Å². The van der Waals surface area contributed by atoms with Crippen molar-refractivity contribution in [3.63, 3.8) is 0 Å². The Balaban J connectivity index is 1.96. The van der Waals surface area contributed by atoms with E-state index in [-0.39, 0.29) is 18.1 Å². The van der Waals surface area contributed by atoms with Crippen LogP contribution in [0.15, 0.2) is 0 Å². The van der Waals surface area contributed by atoms with Crippen molar-refractivity contribution in [1.29, 1.82) is 0 Å². The van der Waals surface area contributed by atoms with Gasteiger partial charge in [0.1, 0.15) is 11.6 Å². The third-order valence-electron chi connectivity index (χ3n) is 3.44. The van der Waals surface area contributed by atoms with Crippen LogP contribution >= 0.6 is 12.2 Å². The largest absolute Gasteiger partial charge is 0.464 e. The van der Waals surface area contributed by atoms with Gasteiger partial charge in [-0.3, -0.25) is 4.90 Å². The fourth-order valence-electron chi connectivity index (χ4n) is 2.47. The van der Waals surface area contributed by atoms with E-state index in [0.29, 0.717) is 24.6 Å². The van der Waals surface area contributed by atoms with E-state index < -0.39 is 11.6 Å². The zero-order valence-electron chi connectivity index (χ0n) is 12.7. The molecule has 21 heavy (non-hydrogen) atoms. The van der Waals surface area contributed by atoms with Crippen LogP contribution in [0.1, 0.15) is 40.0 Å². The second-order valence-electron chi connectivity index (χ2n) is 6.35. The third kappa shape index (κ3) is 4.06. The van der Waals surface area contributed by atoms with E-state index in [1.165, 1.54) is 0 Å². The molecule has 2 fully saturated rings. The SMILES string of the molecule is CC(C)(C)OC(=O)N1CCC[C@H]1C(=S)N[C@H]1CCOC1=O. The molecule has 1 N–H and O–H groups in total. The normalized spacial score (nSPS) is 25.7. The molecule has 7 heteroatoms. The van der Waals surface area contributed by atoms with Crippen LogP contribution < -0.4 is 5.32 Å². The summed E-state index contributed by atoms with van der Waals surface area (Å²) in [5.41, 5.74) is -0.533. The van der Waals surface area contributed by atoms with Gasteiger partial charge in [0.05, 0.1) is 17.6 Å². The number of nitrogens with zero attached hydrogens (tertiary/aromatic N) is 1. The first kappa shape index (κ1) is 16.0. The van der Waals surface area contributed by atoms with Crippen molar-refractivity contribution in [2.45, 2.75) is 57.7 Å². The van der Waals surface area contributed by atoms with E-state index in [0.717, 1.165) is 12.8 Å². The van der Waals surface area contributed by atoms with Crippen molar-refractivity contribution >= 4 is 29.3 Å². The molecule has 118 valence electrons. The van der Waals surface area contributed by atoms with Crippen molar-refractivity contribution in [1.82, 2.24) is 10.2 Å². The molecule has 2 atom stereocenters. The number of hydrogen-bond acceptors (Lipinski definition) is 5. The van der Waals surface area contributed by atoms with Gasteiger partial charge in [0.15, 0.2) is 0 Å². The summed E-state index contributed by atoms with van der Waals surface area (Å²) in [5, 5.41) is 3.03. The van der Waals surface area contributed by atoms with Crippen LogP contribution in [0.2, 0.25) is 0 Å². The van der Waals surface area contributed by atoms with E-state index in [1.54, 1.807) is 4.90 Å². The molecule has 2 heterocycles. The number of rotatable bonds is 2. The van der Waals surface area contributed by atoms with Crippen LogP contribution in [0.3, 0.4) is 0 Å². The van der Waals surface area contributed by atoms with E-state index in [4.69, 9.17) is 21.7 Å². The number of carbonyl (C=O) groups excluding carboxylic acids is 2. The molecule has 0 saturated carbocycles. The fourth-order valence-corrected chi connectivity index (χ4v) is 2.86. The first-order chi connectivity index (χ1) is 9.78. The number of esters is 1. The molecule has 0 spiro atoms. The maximum Gasteiger partial charge on any atom is 0.410 e. The van der Waals surface area contributed by atoms with Crippen molar-refractivity contribution in [3.05, 3.63) is 0 Å². The number of cyclic esters (lactones) is 1. The first-order valence-corrected chi connectivity index (χ1v) is 7.65. The van der Waals surface area contributed by atoms with Gasteiger partial charge in [-0.1, -0.05) is 12.2 Å². The summed E-state index contributed by atoms with van der Waals surface area (Å²) in [5.74, 6) is -0.279. The molecule has 2 aliphatic heterocycles. The standard InChI is InChI=1S/C14H22N2O4S/c1-14(2,3)20-13(18)16-7-4-5-10(16)11(21)15-9-6-8-19-12(9)17/h9-10H,4-8H2,1-3H3,(H,15,21)/t9-,10-/m0/s1. The molecule has 2 aliphatic rings. The molecule has 0 aromatic carbocycles. The Bertz CT molecular complexity index is 447. The van der Waals surface area contributed by atoms with Gasteiger partial charge in [-0.25, -0.2) is 9.59 Å². The maximum atomic E-state index is 12.2. The number of hydrogen-bond donors (Lipinski definition) is 1. The summed E-state index contributed by atoms with van der Waals surface area (Å²) in [6, 6.07) is -0.596. The molecular weight excluding hydrogens is 292 g/mol. The second kappa shape index (κ2) is 6.17. The van der Waals surface area contributed by atoms with Gasteiger partial charge in [-0.05, 0) is 33.6 Å². The van der Waals surface area contributed by atoms with Gasteiger partial charge in [-0.15, -0.1) is 0 Å². The summed E-state index contributed by atoms with van der Waals surface area (Å²) >= 11 is 5.37. The Hall–Kier alpha value is -1.37. The number of carbonyl (C=O) groups is 2. The van der Waals surface area contributed by atoms with Crippen molar-refractivity contribution in [2.24, 2.45) is 0 Å². The lowest BCUT2D eigenvalue weighted by molar-refractivity contribution is -0.139. The van der Waals surface area contributed by atoms with Crippen LogP contribution in [0, 0.1) is 0 Å². The molecule has 2 rings (SSSR count). The summed E-state index contributed by atoms with van der Waals surface area (Å²) in [6.07, 6.45) is 1.91. The van der Waals surface area contributed by atoms with E-state index >= 15 is 0 Å². The maximum absolute atomic E-state index is 12.2. The average molecular weight is 314 g/mol. The molecule has 1 amide bonds. The minimum Gasteiger partial charge on any atom is -0.464 e. The number of likely N-dealkylation sites (tertiary alicyclic amines) is 1. The summed E-state index contributed by atoms with van der Waals surface area (Å²) in [4.78, 5) is 25.8. The number of amides is 1. The Labute approximate surface area is 130 Å². The van der Waals surface area contributed by atoms with Crippen molar-refractivity contribution < 1.29 is 19.1 Å². The Morgan fingerprint density at radius 3 is 2.71 bits per heavy atom. The zero-order chi connectivity index (χ0) is 15.6. The highest BCUT2D eigenvalue weighted by atomic mass is 32.1. The monoisotopic (exact) mass is 314 g/mol. The van der Waals surface area contributed by atoms with Gasteiger partial charge >= 0.3 is 12.1 Å². The van der Waals surface area contributed by atoms with Crippen molar-refractivity contribution in [3.8, 4) is 0 Å². The molecule has 0 aliphatic carbocycles. The highest BCUT2D eigenvalue weighted by molar-refractivity contribution is 7.80. The highest BCUT2D eigenvalue weighted by Gasteiger charge is 2.36. The fraction of sp³-hybridized carbons (Fsp3) is 0.786. The smallest absolute Gasteiger partial charge is 0.410 e. The molecule has 2 saturated heterocycles. The molecule has 0 aromatic rings. The van der Waals surface area contributed by atoms with Crippen LogP contribution in [-0.4, -0.2) is 52.8 Å². The van der Waals surface area contributed by atoms with Gasteiger partial charge in [-0.2, -0.15) is 0 Å². The van der Waals surface area contributed by atoms with Crippen molar-refractivity contribution in [2.75, 3.05) is 13.2 Å². The summed E-state index contributed by atoms with van der Waals surface area (Å²) in [6.45, 7) is 6.54. The van der Waals surface area contributed by atoms with Crippen LogP contribution in [0.4, 0.5) is 4.79 Å². The van der Waals surface area contributed by atoms with Gasteiger partial charge in [0.2, 0.25) is 0 Å². The zero-order valence-corrected chi connectivity index (χ0v) is 13.5. The lowest BCUT2D eigenvalue weighted by Gasteiger charge is -2.29. The van der Waals surface area contributed by atoms with Crippen LogP contribution in [0.5, 0.6) is 0 Å². The molecule has 0 aromatic heterocycles. The first-order valence-electron chi connectivity index (χ1n) is 7.24. The van der Waals surface area contributed by atoms with E-state index in [2.05, 4.69) is 5.32 Å². The number of ether oxygens (including phenoxy) is 2. The molecule has 0 bridgehead atoms. The lowest BCUT2D eigenvalue weighted by Crippen LogP contribution is -2.50. The van der Waals surface area contributed by atoms with Gasteiger partial charge in [0, 0.05) is 13.0 Å². The van der Waals surface area contributed by atoms with Gasteiger partial charge < -0.3 is 14.8 Å². The van der Waals surface area contributed by atoms with Gasteiger partial charge in [0.25, 0.3) is 0 Å². The lowest BCUT2D eigenvalue weighted by atomic mass is 10.2. The number of nitrogens with one attached hydrogen (secondary N) is 1. The quantitative estimate of drug-likeness (QED) is 0.617. The predicted octanol–water partition coefficient (Wildman–Crippen LogP) is 1.62. The molecule has 6 nitrogen and oxygen atoms in total. The Morgan fingerprint density at radius 1 is 1.43 bits per heavy atom. The van der Waals surface area contributed by atoms with E-state index in [1.807, 2.05) is 20.8 Å². The van der Waals surface area contributed by atoms with Crippen LogP contribution in [-0.2, 0) is 14.3 Å². The molecule has 0 unspecified atom stereocenters.